The van der Waals surface area contributed by atoms with E-state index in [2.05, 4.69) is 59.9 Å². The highest BCUT2D eigenvalue weighted by Gasteiger charge is 2.39. The maximum absolute atomic E-state index is 12.4. The van der Waals surface area contributed by atoms with E-state index in [1.165, 1.54) is 12.0 Å². The zero-order chi connectivity index (χ0) is 21.6. The first-order chi connectivity index (χ1) is 14.3. The first-order valence-electron chi connectivity index (χ1n) is 11.2. The van der Waals surface area contributed by atoms with Crippen LogP contribution in [-0.2, 0) is 21.9 Å². The lowest BCUT2D eigenvalue weighted by atomic mass is 9.67. The van der Waals surface area contributed by atoms with Crippen LogP contribution in [0.15, 0.2) is 54.6 Å². The predicted molar refractivity (Wildman–Crippen MR) is 126 cm³/mol. The fourth-order valence-electron chi connectivity index (χ4n) is 4.63. The fourth-order valence-corrected chi connectivity index (χ4v) is 5.78. The van der Waals surface area contributed by atoms with Gasteiger partial charge in [0.2, 0.25) is 10.0 Å². The van der Waals surface area contributed by atoms with Crippen molar-refractivity contribution in [2.75, 3.05) is 30.1 Å². The van der Waals surface area contributed by atoms with Crippen molar-refractivity contribution in [3.63, 3.8) is 0 Å². The Labute approximate surface area is 182 Å². The number of piperidine rings is 1. The number of nitrogens with one attached hydrogen (secondary N) is 1. The molecule has 0 amide bonds. The van der Waals surface area contributed by atoms with Gasteiger partial charge in [-0.1, -0.05) is 69.3 Å². The lowest BCUT2D eigenvalue weighted by Crippen LogP contribution is -2.47. The number of aryl methyl sites for hydroxylation is 1. The van der Waals surface area contributed by atoms with Crippen LogP contribution in [0.3, 0.4) is 0 Å². The van der Waals surface area contributed by atoms with Crippen LogP contribution in [0.25, 0.3) is 0 Å². The van der Waals surface area contributed by atoms with Gasteiger partial charge in [0.1, 0.15) is 0 Å². The molecule has 1 heterocycles. The Morgan fingerprint density at radius 1 is 1.10 bits per heavy atom. The Morgan fingerprint density at radius 2 is 1.80 bits per heavy atom. The minimum atomic E-state index is -3.30. The molecule has 1 aliphatic rings. The Balaban J connectivity index is 1.65. The summed E-state index contributed by atoms with van der Waals surface area (Å²) >= 11 is 0. The standard InChI is InChI=1S/C25H36N2O2S/c1-4-19-30(28,29)26-24-15-9-8-14-23(24)25(3)16-18-27(20-21(25)2)17-10-13-22-11-6-5-7-12-22/h5-9,11-12,14-15,21,26H,4,10,13,16-20H2,1-3H3/t21-,25-/m0/s1. The highest BCUT2D eigenvalue weighted by atomic mass is 32.2. The molecule has 0 saturated carbocycles. The Morgan fingerprint density at radius 3 is 2.50 bits per heavy atom. The maximum Gasteiger partial charge on any atom is 0.232 e. The third kappa shape index (κ3) is 5.64. The van der Waals surface area contributed by atoms with E-state index in [1.807, 2.05) is 25.1 Å². The molecule has 2 aromatic carbocycles. The smallest absolute Gasteiger partial charge is 0.232 e. The van der Waals surface area contributed by atoms with Gasteiger partial charge >= 0.3 is 0 Å². The van der Waals surface area contributed by atoms with E-state index in [1.54, 1.807) is 0 Å². The van der Waals surface area contributed by atoms with Gasteiger partial charge < -0.3 is 4.90 Å². The molecular formula is C25H36N2O2S. The zero-order valence-electron chi connectivity index (χ0n) is 18.6. The van der Waals surface area contributed by atoms with Gasteiger partial charge in [0.25, 0.3) is 0 Å². The number of para-hydroxylation sites is 1. The van der Waals surface area contributed by atoms with E-state index in [4.69, 9.17) is 0 Å². The van der Waals surface area contributed by atoms with Crippen molar-refractivity contribution >= 4 is 15.7 Å². The topological polar surface area (TPSA) is 49.4 Å². The minimum Gasteiger partial charge on any atom is -0.303 e. The summed E-state index contributed by atoms with van der Waals surface area (Å²) in [6.45, 7) is 9.70. The Kier molecular flexibility index (Phi) is 7.59. The monoisotopic (exact) mass is 428 g/mol. The second-order valence-electron chi connectivity index (χ2n) is 8.92. The van der Waals surface area contributed by atoms with E-state index >= 15 is 0 Å². The van der Waals surface area contributed by atoms with Crippen molar-refractivity contribution in [1.82, 2.24) is 4.90 Å². The third-order valence-electron chi connectivity index (χ3n) is 6.63. The zero-order valence-corrected chi connectivity index (χ0v) is 19.4. The molecule has 1 aliphatic heterocycles. The highest BCUT2D eigenvalue weighted by molar-refractivity contribution is 7.92. The van der Waals surface area contributed by atoms with Gasteiger partial charge in [0, 0.05) is 6.54 Å². The van der Waals surface area contributed by atoms with Crippen LogP contribution < -0.4 is 4.72 Å². The minimum absolute atomic E-state index is 0.0404. The van der Waals surface area contributed by atoms with Crippen molar-refractivity contribution < 1.29 is 8.42 Å². The molecule has 2 aromatic rings. The van der Waals surface area contributed by atoms with E-state index in [0.29, 0.717) is 12.3 Å². The highest BCUT2D eigenvalue weighted by Crippen LogP contribution is 2.42. The van der Waals surface area contributed by atoms with Crippen LogP contribution in [0.1, 0.15) is 51.2 Å². The molecule has 30 heavy (non-hydrogen) atoms. The maximum atomic E-state index is 12.4. The van der Waals surface area contributed by atoms with Crippen LogP contribution in [0.5, 0.6) is 0 Å². The summed E-state index contributed by atoms with van der Waals surface area (Å²) < 4.78 is 27.6. The number of nitrogens with zero attached hydrogens (tertiary/aromatic N) is 1. The van der Waals surface area contributed by atoms with Crippen LogP contribution in [0.2, 0.25) is 0 Å². The summed E-state index contributed by atoms with van der Waals surface area (Å²) in [7, 11) is -3.30. The number of anilines is 1. The molecule has 1 fully saturated rings. The summed E-state index contributed by atoms with van der Waals surface area (Å²) in [5.74, 6) is 0.600. The molecule has 0 unspecified atom stereocenters. The second kappa shape index (κ2) is 9.97. The summed E-state index contributed by atoms with van der Waals surface area (Å²) in [4.78, 5) is 2.57. The van der Waals surface area contributed by atoms with Gasteiger partial charge in [0.05, 0.1) is 11.4 Å². The van der Waals surface area contributed by atoms with Crippen LogP contribution in [0, 0.1) is 5.92 Å². The molecule has 1 N–H and O–H groups in total. The van der Waals surface area contributed by atoms with Crippen LogP contribution in [0.4, 0.5) is 5.69 Å². The summed E-state index contributed by atoms with van der Waals surface area (Å²) in [5.41, 5.74) is 3.24. The molecule has 4 nitrogen and oxygen atoms in total. The van der Waals surface area contributed by atoms with E-state index < -0.39 is 10.0 Å². The Bertz CT molecular complexity index is 914. The van der Waals surface area contributed by atoms with E-state index in [0.717, 1.165) is 43.7 Å². The second-order valence-corrected chi connectivity index (χ2v) is 10.8. The van der Waals surface area contributed by atoms with Gasteiger partial charge in [-0.15, -0.1) is 0 Å². The van der Waals surface area contributed by atoms with E-state index in [9.17, 15) is 8.42 Å². The number of hydrogen-bond acceptors (Lipinski definition) is 3. The summed E-state index contributed by atoms with van der Waals surface area (Å²) in [6.07, 6.45) is 3.93. The molecule has 0 aliphatic carbocycles. The first kappa shape index (κ1) is 22.8. The van der Waals surface area contributed by atoms with Crippen molar-refractivity contribution in [3.05, 3.63) is 65.7 Å². The van der Waals surface area contributed by atoms with Gasteiger partial charge in [-0.05, 0) is 67.3 Å². The van der Waals surface area contributed by atoms with Crippen molar-refractivity contribution in [2.45, 2.75) is 51.9 Å². The lowest BCUT2D eigenvalue weighted by Gasteiger charge is -2.45. The number of benzene rings is 2. The van der Waals surface area contributed by atoms with Crippen molar-refractivity contribution in [2.24, 2.45) is 5.92 Å². The molecule has 0 spiro atoms. The molecule has 164 valence electrons. The summed E-state index contributed by atoms with van der Waals surface area (Å²) in [5, 5.41) is 0. The van der Waals surface area contributed by atoms with Crippen molar-refractivity contribution in [1.29, 1.82) is 0 Å². The predicted octanol–water partition coefficient (Wildman–Crippen LogP) is 5.07. The van der Waals surface area contributed by atoms with Gasteiger partial charge in [-0.2, -0.15) is 0 Å². The number of likely N-dealkylation sites (tertiary alicyclic amines) is 1. The molecule has 0 aromatic heterocycles. The number of rotatable bonds is 9. The molecule has 5 heteroatoms. The van der Waals surface area contributed by atoms with Gasteiger partial charge in [-0.25, -0.2) is 8.42 Å². The summed E-state index contributed by atoms with van der Waals surface area (Å²) in [6, 6.07) is 18.6. The first-order valence-corrected chi connectivity index (χ1v) is 12.9. The van der Waals surface area contributed by atoms with Gasteiger partial charge in [-0.3, -0.25) is 4.72 Å². The average Bonchev–Trinajstić information content (AvgIpc) is 2.71. The van der Waals surface area contributed by atoms with Crippen LogP contribution >= 0.6 is 0 Å². The molecule has 1 saturated heterocycles. The van der Waals surface area contributed by atoms with Crippen molar-refractivity contribution in [3.8, 4) is 0 Å². The normalized spacial score (nSPS) is 22.7. The average molecular weight is 429 g/mol. The number of sulfonamides is 1. The van der Waals surface area contributed by atoms with Crippen LogP contribution in [-0.4, -0.2) is 38.7 Å². The molecule has 0 radical (unpaired) electrons. The fraction of sp³-hybridized carbons (Fsp3) is 0.520. The third-order valence-corrected chi connectivity index (χ3v) is 8.11. The molecule has 2 atom stereocenters. The lowest BCUT2D eigenvalue weighted by molar-refractivity contribution is 0.111. The molecule has 0 bridgehead atoms. The molecule has 3 rings (SSSR count). The quantitative estimate of drug-likeness (QED) is 0.607. The van der Waals surface area contributed by atoms with E-state index in [-0.39, 0.29) is 11.2 Å². The molecular weight excluding hydrogens is 392 g/mol. The number of hydrogen-bond donors (Lipinski definition) is 1. The SMILES string of the molecule is CCCS(=O)(=O)Nc1ccccc1[C@@]1(C)CCN(CCCc2ccccc2)C[C@@H]1C. The Hall–Kier alpha value is -1.85. The van der Waals surface area contributed by atoms with Gasteiger partial charge in [0.15, 0.2) is 0 Å². The largest absolute Gasteiger partial charge is 0.303 e.